The Hall–Kier alpha value is -2.07. The van der Waals surface area contributed by atoms with Gasteiger partial charge >= 0.3 is 6.09 Å². The maximum Gasteiger partial charge on any atom is 0.410 e. The second kappa shape index (κ2) is 8.34. The molecule has 0 bridgehead atoms. The van der Waals surface area contributed by atoms with Gasteiger partial charge in [0.25, 0.3) is 5.91 Å². The number of amides is 3. The summed E-state index contributed by atoms with van der Waals surface area (Å²) in [5.74, 6) is -1.05. The van der Waals surface area contributed by atoms with Gasteiger partial charge in [0.15, 0.2) is 5.12 Å². The average molecular weight is 385 g/mol. The number of hydrogen-bond donors (Lipinski definition) is 2. The zero-order valence-corrected chi connectivity index (χ0v) is 15.6. The maximum absolute atomic E-state index is 11.9. The first-order chi connectivity index (χ1) is 11.8. The standard InChI is InChI=1S/C15H19N3O5S2/c1-3-23-15(22)18-5-4-9-10(6-18)25-14(12(9)13(16)21)17-11(20)7-24-8(2)19/h3-7H2,1-2H3,(H2,16,21)(H,17,20). The third-order valence-corrected chi connectivity index (χ3v) is 5.43. The molecule has 1 aromatic heterocycles. The Morgan fingerprint density at radius 3 is 2.68 bits per heavy atom. The van der Waals surface area contributed by atoms with Crippen LogP contribution in [0.4, 0.5) is 9.80 Å². The number of carbonyl (C=O) groups is 4. The van der Waals surface area contributed by atoms with Crippen molar-refractivity contribution < 1.29 is 23.9 Å². The lowest BCUT2D eigenvalue weighted by Gasteiger charge is -2.26. The lowest BCUT2D eigenvalue weighted by atomic mass is 10.0. The van der Waals surface area contributed by atoms with E-state index in [1.165, 1.54) is 18.3 Å². The van der Waals surface area contributed by atoms with Crippen LogP contribution >= 0.6 is 23.1 Å². The molecule has 0 atom stereocenters. The Kier molecular flexibility index (Phi) is 6.43. The molecule has 1 aromatic rings. The van der Waals surface area contributed by atoms with Gasteiger partial charge in [-0.1, -0.05) is 11.8 Å². The highest BCUT2D eigenvalue weighted by Crippen LogP contribution is 2.37. The van der Waals surface area contributed by atoms with Gasteiger partial charge in [0.1, 0.15) is 5.00 Å². The molecule has 2 rings (SSSR count). The van der Waals surface area contributed by atoms with E-state index in [0.717, 1.165) is 22.2 Å². The van der Waals surface area contributed by atoms with Gasteiger partial charge < -0.3 is 20.7 Å². The summed E-state index contributed by atoms with van der Waals surface area (Å²) in [6, 6.07) is 0. The summed E-state index contributed by atoms with van der Waals surface area (Å²) >= 11 is 2.10. The summed E-state index contributed by atoms with van der Waals surface area (Å²) in [4.78, 5) is 48.9. The van der Waals surface area contributed by atoms with Crippen LogP contribution in [0.3, 0.4) is 0 Å². The Morgan fingerprint density at radius 2 is 2.08 bits per heavy atom. The fraction of sp³-hybridized carbons (Fsp3) is 0.467. The Labute approximate surface area is 153 Å². The number of anilines is 1. The molecule has 1 aliphatic rings. The van der Waals surface area contributed by atoms with E-state index >= 15 is 0 Å². The molecule has 0 saturated heterocycles. The number of hydrogen-bond acceptors (Lipinski definition) is 7. The molecule has 0 unspecified atom stereocenters. The first-order valence-corrected chi connectivity index (χ1v) is 9.42. The van der Waals surface area contributed by atoms with Crippen LogP contribution in [-0.4, -0.2) is 46.8 Å². The number of carbonyl (C=O) groups excluding carboxylic acids is 4. The van der Waals surface area contributed by atoms with E-state index in [4.69, 9.17) is 10.5 Å². The van der Waals surface area contributed by atoms with Crippen LogP contribution < -0.4 is 11.1 Å². The minimum absolute atomic E-state index is 0.0367. The van der Waals surface area contributed by atoms with Gasteiger partial charge in [0, 0.05) is 18.3 Å². The number of fused-ring (bicyclic) bond motifs is 1. The van der Waals surface area contributed by atoms with Gasteiger partial charge in [-0.25, -0.2) is 4.79 Å². The van der Waals surface area contributed by atoms with Crippen molar-refractivity contribution in [2.45, 2.75) is 26.8 Å². The molecule has 3 N–H and O–H groups in total. The van der Waals surface area contributed by atoms with Gasteiger partial charge in [-0.05, 0) is 18.9 Å². The fourth-order valence-electron chi connectivity index (χ4n) is 2.45. The predicted octanol–water partition coefficient (Wildman–Crippen LogP) is 1.58. The number of nitrogens with two attached hydrogens (primary N) is 1. The third kappa shape index (κ3) is 4.73. The highest BCUT2D eigenvalue weighted by Gasteiger charge is 2.30. The van der Waals surface area contributed by atoms with E-state index in [0.29, 0.717) is 24.5 Å². The van der Waals surface area contributed by atoms with E-state index < -0.39 is 12.0 Å². The van der Waals surface area contributed by atoms with Crippen molar-refractivity contribution in [3.8, 4) is 0 Å². The molecular weight excluding hydrogens is 366 g/mol. The number of rotatable bonds is 5. The van der Waals surface area contributed by atoms with Gasteiger partial charge in [0.05, 0.1) is 24.5 Å². The van der Waals surface area contributed by atoms with Gasteiger partial charge in [-0.15, -0.1) is 11.3 Å². The minimum atomic E-state index is -0.628. The van der Waals surface area contributed by atoms with Gasteiger partial charge in [-0.2, -0.15) is 0 Å². The number of ether oxygens (including phenoxy) is 1. The fourth-order valence-corrected chi connectivity index (χ4v) is 4.14. The van der Waals surface area contributed by atoms with Crippen molar-refractivity contribution in [3.63, 3.8) is 0 Å². The highest BCUT2D eigenvalue weighted by atomic mass is 32.2. The molecule has 0 aliphatic carbocycles. The monoisotopic (exact) mass is 385 g/mol. The maximum atomic E-state index is 11.9. The minimum Gasteiger partial charge on any atom is -0.450 e. The van der Waals surface area contributed by atoms with Crippen LogP contribution in [0.5, 0.6) is 0 Å². The molecule has 136 valence electrons. The summed E-state index contributed by atoms with van der Waals surface area (Å²) in [5.41, 5.74) is 6.51. The zero-order valence-electron chi connectivity index (χ0n) is 13.9. The molecule has 0 fully saturated rings. The summed E-state index contributed by atoms with van der Waals surface area (Å²) in [6.07, 6.45) is 0.0478. The first-order valence-electron chi connectivity index (χ1n) is 7.62. The normalized spacial score (nSPS) is 13.1. The quantitative estimate of drug-likeness (QED) is 0.794. The van der Waals surface area contributed by atoms with Crippen molar-refractivity contribution >= 4 is 51.1 Å². The van der Waals surface area contributed by atoms with E-state index in [2.05, 4.69) is 5.32 Å². The lowest BCUT2D eigenvalue weighted by molar-refractivity contribution is -0.114. The number of thiophene rings is 1. The molecule has 10 heteroatoms. The molecular formula is C15H19N3O5S2. The third-order valence-electron chi connectivity index (χ3n) is 3.49. The van der Waals surface area contributed by atoms with Crippen LogP contribution in [0.25, 0.3) is 0 Å². The smallest absolute Gasteiger partial charge is 0.410 e. The summed E-state index contributed by atoms with van der Waals surface area (Å²) < 4.78 is 5.00. The predicted molar refractivity (Wildman–Crippen MR) is 95.7 cm³/mol. The second-order valence-corrected chi connectivity index (χ2v) is 7.53. The van der Waals surface area contributed by atoms with E-state index in [1.54, 1.807) is 11.8 Å². The van der Waals surface area contributed by atoms with Crippen molar-refractivity contribution in [1.82, 2.24) is 4.90 Å². The Balaban J connectivity index is 2.20. The van der Waals surface area contributed by atoms with Crippen LogP contribution in [0.15, 0.2) is 0 Å². The number of primary amides is 1. The summed E-state index contributed by atoms with van der Waals surface area (Å²) in [7, 11) is 0. The molecule has 0 aromatic carbocycles. The van der Waals surface area contributed by atoms with E-state index in [-0.39, 0.29) is 28.9 Å². The van der Waals surface area contributed by atoms with Crippen molar-refractivity contribution in [1.29, 1.82) is 0 Å². The van der Waals surface area contributed by atoms with E-state index in [9.17, 15) is 19.2 Å². The topological polar surface area (TPSA) is 119 Å². The van der Waals surface area contributed by atoms with Crippen LogP contribution in [-0.2, 0) is 27.3 Å². The first kappa shape index (κ1) is 19.3. The molecule has 0 spiro atoms. The molecule has 0 saturated carbocycles. The van der Waals surface area contributed by atoms with Crippen LogP contribution in [0.2, 0.25) is 0 Å². The van der Waals surface area contributed by atoms with Gasteiger partial charge in [-0.3, -0.25) is 14.4 Å². The van der Waals surface area contributed by atoms with Crippen molar-refractivity contribution in [3.05, 3.63) is 16.0 Å². The van der Waals surface area contributed by atoms with Crippen molar-refractivity contribution in [2.75, 3.05) is 24.2 Å². The largest absolute Gasteiger partial charge is 0.450 e. The highest BCUT2D eigenvalue weighted by molar-refractivity contribution is 8.14. The molecule has 25 heavy (non-hydrogen) atoms. The Bertz CT molecular complexity index is 716. The van der Waals surface area contributed by atoms with Gasteiger partial charge in [0.2, 0.25) is 5.91 Å². The zero-order chi connectivity index (χ0) is 18.6. The molecule has 2 heterocycles. The SMILES string of the molecule is CCOC(=O)N1CCc2c(sc(NC(=O)CSC(C)=O)c2C(N)=O)C1. The number of nitrogens with one attached hydrogen (secondary N) is 1. The van der Waals surface area contributed by atoms with E-state index in [1.807, 2.05) is 0 Å². The molecule has 3 amide bonds. The number of nitrogens with zero attached hydrogens (tertiary/aromatic N) is 1. The summed E-state index contributed by atoms with van der Waals surface area (Å²) in [6.45, 7) is 4.11. The average Bonchev–Trinajstić information content (AvgIpc) is 2.90. The number of thioether (sulfide) groups is 1. The van der Waals surface area contributed by atoms with Crippen LogP contribution in [0, 0.1) is 0 Å². The van der Waals surface area contributed by atoms with Crippen molar-refractivity contribution in [2.24, 2.45) is 5.73 Å². The van der Waals surface area contributed by atoms with Crippen LogP contribution in [0.1, 0.15) is 34.6 Å². The lowest BCUT2D eigenvalue weighted by Crippen LogP contribution is -2.36. The Morgan fingerprint density at radius 1 is 1.36 bits per heavy atom. The second-order valence-electron chi connectivity index (χ2n) is 5.27. The molecule has 1 aliphatic heterocycles. The molecule has 0 radical (unpaired) electrons. The summed E-state index contributed by atoms with van der Waals surface area (Å²) in [5, 5.41) is 2.84. The molecule has 8 nitrogen and oxygen atoms in total.